The number of hydrogen-bond acceptors (Lipinski definition) is 10. The van der Waals surface area contributed by atoms with Gasteiger partial charge in [0.2, 0.25) is 0 Å². The van der Waals surface area contributed by atoms with E-state index >= 15 is 0 Å². The van der Waals surface area contributed by atoms with E-state index in [0.717, 1.165) is 35.0 Å². The summed E-state index contributed by atoms with van der Waals surface area (Å²) in [5.41, 5.74) is 6.43. The van der Waals surface area contributed by atoms with Gasteiger partial charge in [-0.3, -0.25) is 40.2 Å². The molecule has 0 saturated carbocycles. The smallest absolute Gasteiger partial charge is 0.399 e. The minimum absolute atomic E-state index is 0.0370. The number of rotatable bonds is 4. The Hall–Kier alpha value is -4.66. The molecule has 0 amide bonds. The first-order valence-corrected chi connectivity index (χ1v) is 15.1. The Bertz CT molecular complexity index is 1850. The van der Waals surface area contributed by atoms with E-state index in [0.29, 0.717) is 10.0 Å². The van der Waals surface area contributed by atoms with Gasteiger partial charge in [0.05, 0.1) is 26.6 Å². The van der Waals surface area contributed by atoms with Crippen LogP contribution in [0.5, 0.6) is 0 Å². The van der Waals surface area contributed by atoms with Gasteiger partial charge in [0.25, 0.3) is 11.4 Å². The number of nitro groups is 2. The zero-order valence-corrected chi connectivity index (χ0v) is 27.2. The molecule has 4 aromatic rings. The van der Waals surface area contributed by atoms with Crippen molar-refractivity contribution in [2.75, 3.05) is 0 Å². The van der Waals surface area contributed by atoms with Gasteiger partial charge in [-0.25, -0.2) is 0 Å². The first kappa shape index (κ1) is 32.7. The Morgan fingerprint density at radius 3 is 1.83 bits per heavy atom. The van der Waals surface area contributed by atoms with Crippen molar-refractivity contribution in [3.8, 4) is 11.1 Å². The zero-order chi connectivity index (χ0) is 33.1. The van der Waals surface area contributed by atoms with Crippen LogP contribution >= 0.6 is 15.9 Å². The van der Waals surface area contributed by atoms with Gasteiger partial charge < -0.3 is 9.31 Å². The molecule has 1 fully saturated rings. The highest BCUT2D eigenvalue weighted by Crippen LogP contribution is 2.37. The SMILES string of the molecule is CC1(C)OB(c2cncc3c2CC=C3)OC1(C)C.O=[N+]([O-])c1ccncc1-c1cncc2c1CC=C2.O=[N+]([O-])c1ccncc1Br. The fourth-order valence-corrected chi connectivity index (χ4v) is 5.45. The number of aromatic nitrogens is 4. The maximum atomic E-state index is 11.0. The molecule has 0 unspecified atom stereocenters. The van der Waals surface area contributed by atoms with Crippen molar-refractivity contribution in [3.63, 3.8) is 0 Å². The van der Waals surface area contributed by atoms with E-state index < -0.39 is 9.85 Å². The number of halogens is 1. The highest BCUT2D eigenvalue weighted by Gasteiger charge is 2.52. The Kier molecular flexibility index (Phi) is 9.51. The highest BCUT2D eigenvalue weighted by atomic mass is 79.9. The Morgan fingerprint density at radius 1 is 0.717 bits per heavy atom. The lowest BCUT2D eigenvalue weighted by Crippen LogP contribution is -2.41. The number of fused-ring (bicyclic) bond motifs is 2. The van der Waals surface area contributed by atoms with E-state index in [4.69, 9.17) is 9.31 Å². The van der Waals surface area contributed by atoms with Gasteiger partial charge in [-0.1, -0.05) is 24.3 Å². The summed E-state index contributed by atoms with van der Waals surface area (Å²) < 4.78 is 12.6. The maximum absolute atomic E-state index is 11.0. The molecule has 0 bridgehead atoms. The predicted molar refractivity (Wildman–Crippen MR) is 178 cm³/mol. The molecular formula is C32H30BBrN6O6. The molecule has 0 atom stereocenters. The van der Waals surface area contributed by atoms with E-state index in [-0.39, 0.29) is 29.7 Å². The summed E-state index contributed by atoms with van der Waals surface area (Å²) in [7, 11) is -0.308. The van der Waals surface area contributed by atoms with Crippen molar-refractivity contribution < 1.29 is 19.2 Å². The van der Waals surface area contributed by atoms with Crippen molar-refractivity contribution in [1.29, 1.82) is 0 Å². The first-order valence-electron chi connectivity index (χ1n) is 14.3. The second-order valence-corrected chi connectivity index (χ2v) is 12.4. The molecule has 4 aromatic heterocycles. The van der Waals surface area contributed by atoms with Gasteiger partial charge >= 0.3 is 7.12 Å². The number of hydrogen-bond donors (Lipinski definition) is 0. The van der Waals surface area contributed by atoms with E-state index in [1.54, 1.807) is 12.4 Å². The van der Waals surface area contributed by atoms with Crippen LogP contribution in [-0.2, 0) is 22.2 Å². The van der Waals surface area contributed by atoms with E-state index in [2.05, 4.69) is 75.7 Å². The van der Waals surface area contributed by atoms with Crippen molar-refractivity contribution in [2.24, 2.45) is 0 Å². The lowest BCUT2D eigenvalue weighted by atomic mass is 9.76. The van der Waals surface area contributed by atoms with Crippen molar-refractivity contribution in [2.45, 2.75) is 51.7 Å². The Labute approximate surface area is 274 Å². The lowest BCUT2D eigenvalue weighted by Gasteiger charge is -2.32. The summed E-state index contributed by atoms with van der Waals surface area (Å²) in [6, 6.07) is 2.75. The second-order valence-electron chi connectivity index (χ2n) is 11.6. The van der Waals surface area contributed by atoms with Crippen molar-refractivity contribution in [3.05, 3.63) is 121 Å². The summed E-state index contributed by atoms with van der Waals surface area (Å²) in [6.45, 7) is 8.29. The molecule has 0 aromatic carbocycles. The van der Waals surface area contributed by atoms with Crippen molar-refractivity contribution in [1.82, 2.24) is 19.9 Å². The maximum Gasteiger partial charge on any atom is 0.496 e. The monoisotopic (exact) mass is 684 g/mol. The zero-order valence-electron chi connectivity index (χ0n) is 25.6. The predicted octanol–water partition coefficient (Wildman–Crippen LogP) is 6.32. The normalized spacial score (nSPS) is 16.1. The molecular weight excluding hydrogens is 655 g/mol. The van der Waals surface area contributed by atoms with Crippen LogP contribution in [-0.4, -0.2) is 48.1 Å². The molecule has 1 saturated heterocycles. The van der Waals surface area contributed by atoms with Gasteiger partial charge in [-0.05, 0) is 78.7 Å². The molecule has 12 nitrogen and oxygen atoms in total. The average molecular weight is 685 g/mol. The minimum Gasteiger partial charge on any atom is -0.399 e. The molecule has 1 aliphatic heterocycles. The van der Waals surface area contributed by atoms with Crippen LogP contribution in [0.25, 0.3) is 23.3 Å². The molecule has 5 heterocycles. The summed E-state index contributed by atoms with van der Waals surface area (Å²) in [6.07, 6.45) is 22.9. The van der Waals surface area contributed by atoms with Crippen LogP contribution in [0.3, 0.4) is 0 Å². The number of nitrogens with zero attached hydrogens (tertiary/aromatic N) is 6. The fraction of sp³-hybridized carbons (Fsp3) is 0.250. The average Bonchev–Trinajstić information content (AvgIpc) is 3.75. The van der Waals surface area contributed by atoms with Gasteiger partial charge in [-0.2, -0.15) is 0 Å². The molecule has 234 valence electrons. The molecule has 2 aliphatic carbocycles. The van der Waals surface area contributed by atoms with E-state index in [1.807, 2.05) is 24.5 Å². The third-order valence-electron chi connectivity index (χ3n) is 8.19. The summed E-state index contributed by atoms with van der Waals surface area (Å²) in [5.74, 6) is 0. The highest BCUT2D eigenvalue weighted by molar-refractivity contribution is 9.10. The molecule has 7 rings (SSSR count). The Balaban J connectivity index is 0.000000142. The molecule has 46 heavy (non-hydrogen) atoms. The van der Waals surface area contributed by atoms with Crippen molar-refractivity contribution >= 4 is 52.0 Å². The van der Waals surface area contributed by atoms with Gasteiger partial charge in [0.15, 0.2) is 0 Å². The topological polar surface area (TPSA) is 156 Å². The van der Waals surface area contributed by atoms with E-state index in [1.165, 1.54) is 48.0 Å². The molecule has 0 radical (unpaired) electrons. The minimum atomic E-state index is -0.467. The largest absolute Gasteiger partial charge is 0.496 e. The summed E-state index contributed by atoms with van der Waals surface area (Å²) >= 11 is 2.99. The number of pyridine rings is 4. The molecule has 14 heteroatoms. The second kappa shape index (κ2) is 13.4. The lowest BCUT2D eigenvalue weighted by molar-refractivity contribution is -0.385. The van der Waals surface area contributed by atoms with Crippen LogP contribution in [0.2, 0.25) is 0 Å². The van der Waals surface area contributed by atoms with Crippen LogP contribution in [0, 0.1) is 20.2 Å². The van der Waals surface area contributed by atoms with Crippen LogP contribution in [0.1, 0.15) is 49.9 Å². The summed E-state index contributed by atoms with van der Waals surface area (Å²) in [4.78, 5) is 36.4. The van der Waals surface area contributed by atoms with E-state index in [9.17, 15) is 20.2 Å². The summed E-state index contributed by atoms with van der Waals surface area (Å²) in [5, 5.41) is 21.2. The molecule has 3 aliphatic rings. The van der Waals surface area contributed by atoms with Gasteiger partial charge in [0, 0.05) is 72.7 Å². The quantitative estimate of drug-likeness (QED) is 0.135. The molecule has 0 N–H and O–H groups in total. The standard InChI is InChI=1S/C14H18BNO2.C13H9N3O2.C5H3BrN2O2/c1-13(2)14(3,4)18-15(17-13)12-9-16-8-10-6-5-7-11(10)12;17-16(18)13-4-5-14-8-12(13)11-7-15-6-9-2-1-3-10(9)11;6-4-3-7-2-1-5(4)8(9)10/h5-6,8-9H,7H2,1-4H3;1-2,4-8H,3H2;1-3H. The van der Waals surface area contributed by atoms with Gasteiger partial charge in [-0.15, -0.1) is 0 Å². The van der Waals surface area contributed by atoms with Gasteiger partial charge in [0.1, 0.15) is 4.47 Å². The number of allylic oxidation sites excluding steroid dienone is 2. The fourth-order valence-electron chi connectivity index (χ4n) is 5.06. The first-order chi connectivity index (χ1) is 21.9. The molecule has 0 spiro atoms. The Morgan fingerprint density at radius 2 is 1.24 bits per heavy atom. The van der Waals surface area contributed by atoms with Crippen LogP contribution in [0.15, 0.2) is 78.3 Å². The van der Waals surface area contributed by atoms with Crippen LogP contribution in [0.4, 0.5) is 11.4 Å². The van der Waals surface area contributed by atoms with Crippen LogP contribution < -0.4 is 5.46 Å². The third kappa shape index (κ3) is 6.78. The third-order valence-corrected chi connectivity index (χ3v) is 8.80.